The molecule has 0 aliphatic rings. The normalized spacial score (nSPS) is 11.3. The molecule has 1 aromatic rings. The van der Waals surface area contributed by atoms with Gasteiger partial charge in [-0.15, -0.1) is 4.33 Å². The van der Waals surface area contributed by atoms with E-state index < -0.39 is 10.1 Å². The number of para-hydroxylation sites is 1. The first kappa shape index (κ1) is 12.0. The van der Waals surface area contributed by atoms with Crippen LogP contribution in [0.15, 0.2) is 24.3 Å². The molecule has 6 heteroatoms. The van der Waals surface area contributed by atoms with Crippen LogP contribution in [-0.4, -0.2) is 21.8 Å². The summed E-state index contributed by atoms with van der Waals surface area (Å²) in [4.78, 5) is 4.56. The standard InChI is InChI=1S/C9H12O5S/c1-12-9-6-4-3-5-8(9)7-13-14-15(2,10)11/h3-6H,7H2,1-2H3. The first-order chi connectivity index (χ1) is 7.03. The molecule has 0 N–H and O–H groups in total. The molecule has 0 fully saturated rings. The van der Waals surface area contributed by atoms with Gasteiger partial charge < -0.3 is 4.74 Å². The minimum Gasteiger partial charge on any atom is -0.496 e. The Morgan fingerprint density at radius 2 is 1.93 bits per heavy atom. The van der Waals surface area contributed by atoms with Crippen molar-refractivity contribution in [2.45, 2.75) is 6.61 Å². The fraction of sp³-hybridized carbons (Fsp3) is 0.333. The van der Waals surface area contributed by atoms with Gasteiger partial charge in [0.05, 0.1) is 13.4 Å². The molecule has 0 amide bonds. The number of benzene rings is 1. The molecule has 0 bridgehead atoms. The highest BCUT2D eigenvalue weighted by atomic mass is 32.2. The van der Waals surface area contributed by atoms with E-state index in [1.165, 1.54) is 7.11 Å². The lowest BCUT2D eigenvalue weighted by Gasteiger charge is -2.06. The lowest BCUT2D eigenvalue weighted by molar-refractivity contribution is -0.212. The summed E-state index contributed by atoms with van der Waals surface area (Å²) in [5.41, 5.74) is 0.712. The second-order valence-electron chi connectivity index (χ2n) is 2.85. The Balaban J connectivity index is 2.58. The topological polar surface area (TPSA) is 61.8 Å². The van der Waals surface area contributed by atoms with Crippen LogP contribution < -0.4 is 4.74 Å². The quantitative estimate of drug-likeness (QED) is 0.562. The Morgan fingerprint density at radius 1 is 1.27 bits per heavy atom. The van der Waals surface area contributed by atoms with Crippen LogP contribution in [0.25, 0.3) is 0 Å². The van der Waals surface area contributed by atoms with Crippen molar-refractivity contribution >= 4 is 10.1 Å². The first-order valence-corrected chi connectivity index (χ1v) is 5.97. The second kappa shape index (κ2) is 5.11. The summed E-state index contributed by atoms with van der Waals surface area (Å²) in [7, 11) is -2.05. The molecular weight excluding hydrogens is 220 g/mol. The van der Waals surface area contributed by atoms with Crippen LogP contribution >= 0.6 is 0 Å². The molecule has 0 unspecified atom stereocenters. The predicted molar refractivity (Wildman–Crippen MR) is 53.7 cm³/mol. The average Bonchev–Trinajstić information content (AvgIpc) is 2.16. The molecule has 84 valence electrons. The Bertz CT molecular complexity index is 412. The summed E-state index contributed by atoms with van der Waals surface area (Å²) in [5.74, 6) is 0.620. The summed E-state index contributed by atoms with van der Waals surface area (Å²) < 4.78 is 30.4. The summed E-state index contributed by atoms with van der Waals surface area (Å²) in [6, 6.07) is 7.10. The molecule has 0 heterocycles. The van der Waals surface area contributed by atoms with Crippen molar-refractivity contribution in [3.63, 3.8) is 0 Å². The minimum atomic E-state index is -3.58. The maximum absolute atomic E-state index is 10.6. The second-order valence-corrected chi connectivity index (χ2v) is 4.39. The minimum absolute atomic E-state index is 0.0110. The van der Waals surface area contributed by atoms with Crippen molar-refractivity contribution in [3.8, 4) is 5.75 Å². The van der Waals surface area contributed by atoms with Gasteiger partial charge in [-0.3, -0.25) is 0 Å². The molecule has 0 spiro atoms. The van der Waals surface area contributed by atoms with Crippen molar-refractivity contribution in [2.24, 2.45) is 0 Å². The molecule has 0 aliphatic heterocycles. The zero-order valence-electron chi connectivity index (χ0n) is 8.47. The van der Waals surface area contributed by atoms with Crippen molar-refractivity contribution in [1.29, 1.82) is 0 Å². The molecule has 0 radical (unpaired) electrons. The van der Waals surface area contributed by atoms with Crippen LogP contribution in [-0.2, 0) is 25.9 Å². The van der Waals surface area contributed by atoms with Crippen LogP contribution in [0.5, 0.6) is 5.75 Å². The van der Waals surface area contributed by atoms with Gasteiger partial charge in [0.2, 0.25) is 0 Å². The lowest BCUT2D eigenvalue weighted by Crippen LogP contribution is -2.04. The van der Waals surface area contributed by atoms with E-state index in [9.17, 15) is 8.42 Å². The molecule has 0 aromatic heterocycles. The van der Waals surface area contributed by atoms with Crippen LogP contribution in [0.2, 0.25) is 0 Å². The third-order valence-corrected chi connectivity index (χ3v) is 1.92. The van der Waals surface area contributed by atoms with Gasteiger partial charge in [-0.25, -0.2) is 4.89 Å². The Morgan fingerprint density at radius 3 is 2.53 bits per heavy atom. The van der Waals surface area contributed by atoms with E-state index >= 15 is 0 Å². The van der Waals surface area contributed by atoms with E-state index in [4.69, 9.17) is 4.74 Å². The monoisotopic (exact) mass is 232 g/mol. The van der Waals surface area contributed by atoms with Gasteiger partial charge >= 0.3 is 0 Å². The number of methoxy groups -OCH3 is 1. The highest BCUT2D eigenvalue weighted by Crippen LogP contribution is 2.18. The highest BCUT2D eigenvalue weighted by Gasteiger charge is 2.05. The summed E-state index contributed by atoms with van der Waals surface area (Å²) in [6.45, 7) is 0.0110. The van der Waals surface area contributed by atoms with Crippen molar-refractivity contribution in [2.75, 3.05) is 13.4 Å². The SMILES string of the molecule is COc1ccccc1COOS(C)(=O)=O. The van der Waals surface area contributed by atoms with Crippen LogP contribution in [0.1, 0.15) is 5.56 Å². The Labute approximate surface area is 88.6 Å². The Hall–Kier alpha value is -1.11. The van der Waals surface area contributed by atoms with Gasteiger partial charge in [0.25, 0.3) is 10.1 Å². The fourth-order valence-electron chi connectivity index (χ4n) is 0.997. The summed E-state index contributed by atoms with van der Waals surface area (Å²) in [6.07, 6.45) is 0.912. The van der Waals surface area contributed by atoms with E-state index in [2.05, 4.69) is 9.22 Å². The molecule has 15 heavy (non-hydrogen) atoms. The summed E-state index contributed by atoms with van der Waals surface area (Å²) in [5, 5.41) is 0. The maximum atomic E-state index is 10.6. The third kappa shape index (κ3) is 4.28. The van der Waals surface area contributed by atoms with E-state index in [1.54, 1.807) is 24.3 Å². The first-order valence-electron chi connectivity index (χ1n) is 4.16. The van der Waals surface area contributed by atoms with Crippen LogP contribution in [0.4, 0.5) is 0 Å². The molecule has 0 saturated heterocycles. The molecule has 0 aliphatic carbocycles. The largest absolute Gasteiger partial charge is 0.496 e. The molecule has 1 rings (SSSR count). The highest BCUT2D eigenvalue weighted by molar-refractivity contribution is 7.85. The molecule has 0 atom stereocenters. The molecule has 5 nitrogen and oxygen atoms in total. The summed E-state index contributed by atoms with van der Waals surface area (Å²) >= 11 is 0. The zero-order chi connectivity index (χ0) is 11.3. The van der Waals surface area contributed by atoms with Crippen LogP contribution in [0, 0.1) is 0 Å². The van der Waals surface area contributed by atoms with Gasteiger partial charge in [-0.1, -0.05) is 18.2 Å². The molecular formula is C9H12O5S. The Kier molecular flexibility index (Phi) is 4.07. The number of hydrogen-bond donors (Lipinski definition) is 0. The number of hydrogen-bond acceptors (Lipinski definition) is 5. The van der Waals surface area contributed by atoms with Gasteiger partial charge in [-0.2, -0.15) is 8.42 Å². The van der Waals surface area contributed by atoms with Gasteiger partial charge in [0.1, 0.15) is 12.4 Å². The number of rotatable bonds is 5. The van der Waals surface area contributed by atoms with Gasteiger partial charge in [-0.05, 0) is 6.07 Å². The molecule has 1 aromatic carbocycles. The van der Waals surface area contributed by atoms with E-state index in [-0.39, 0.29) is 6.61 Å². The van der Waals surface area contributed by atoms with Crippen molar-refractivity contribution < 1.29 is 22.4 Å². The average molecular weight is 232 g/mol. The van der Waals surface area contributed by atoms with Gasteiger partial charge in [0.15, 0.2) is 0 Å². The predicted octanol–water partition coefficient (Wildman–Crippen LogP) is 1.10. The smallest absolute Gasteiger partial charge is 0.290 e. The van der Waals surface area contributed by atoms with E-state index in [1.807, 2.05) is 0 Å². The number of ether oxygens (including phenoxy) is 1. The zero-order valence-corrected chi connectivity index (χ0v) is 9.28. The van der Waals surface area contributed by atoms with E-state index in [0.29, 0.717) is 11.3 Å². The third-order valence-electron chi connectivity index (χ3n) is 1.58. The van der Waals surface area contributed by atoms with Crippen molar-refractivity contribution in [1.82, 2.24) is 0 Å². The van der Waals surface area contributed by atoms with E-state index in [0.717, 1.165) is 6.26 Å². The fourth-order valence-corrected chi connectivity index (χ4v) is 1.22. The van der Waals surface area contributed by atoms with Gasteiger partial charge in [0, 0.05) is 5.56 Å². The van der Waals surface area contributed by atoms with Crippen molar-refractivity contribution in [3.05, 3.63) is 29.8 Å². The van der Waals surface area contributed by atoms with Crippen LogP contribution in [0.3, 0.4) is 0 Å². The molecule has 0 saturated carbocycles. The lowest BCUT2D eigenvalue weighted by atomic mass is 10.2. The maximum Gasteiger partial charge on any atom is 0.290 e.